The molecule has 0 unspecified atom stereocenters. The van der Waals surface area contributed by atoms with Crippen LogP contribution in [0.2, 0.25) is 0 Å². The van der Waals surface area contributed by atoms with Crippen molar-refractivity contribution >= 4 is 58.2 Å². The summed E-state index contributed by atoms with van der Waals surface area (Å²) >= 11 is 0. The lowest BCUT2D eigenvalue weighted by atomic mass is 10.1. The fraction of sp³-hybridized carbons (Fsp3) is 0.432. The van der Waals surface area contributed by atoms with Gasteiger partial charge in [-0.1, -0.05) is 38.0 Å². The number of phenols is 1. The summed E-state index contributed by atoms with van der Waals surface area (Å²) in [6.07, 6.45) is 7.18. The lowest BCUT2D eigenvalue weighted by molar-refractivity contribution is -0.138. The van der Waals surface area contributed by atoms with E-state index in [0.29, 0.717) is 44.8 Å². The number of aromatic hydroxyl groups is 1. The molecule has 0 bridgehead atoms. The number of amides is 5. The Morgan fingerprint density at radius 1 is 0.873 bits per heavy atom. The topological polar surface area (TPSA) is 236 Å². The van der Waals surface area contributed by atoms with E-state index in [1.807, 2.05) is 12.3 Å². The van der Waals surface area contributed by atoms with Crippen molar-refractivity contribution in [3.8, 4) is 11.5 Å². The second-order valence-electron chi connectivity index (χ2n) is 15.2. The Morgan fingerprint density at radius 3 is 2.41 bits per heavy atom. The predicted octanol–water partition coefficient (Wildman–Crippen LogP) is 3.61. The standard InChI is InChI=1S/C44H56N10O9/c1-3-4-5-15-47-42-41-33(49-43(45)50-42)13-17-53(41)28-32-8-6-30(26-36(32)61-2)27-51-18-20-52(21-19-51)44(60)63-29-31-7-9-35(55)34(25-31)48-38(57)12-16-46-37(56)14-23-62-24-22-54-39(58)10-11-40(54)59/h6-11,13,17,25-26,55H,3-5,12,14-16,18-24,27-29H2,1-2H3,(H,46,56)(H,48,57)(H3,45,47,49,50). The van der Waals surface area contributed by atoms with Crippen LogP contribution in [0.1, 0.15) is 55.7 Å². The van der Waals surface area contributed by atoms with Gasteiger partial charge in [-0.2, -0.15) is 4.98 Å². The molecule has 0 radical (unpaired) electrons. The minimum absolute atomic E-state index is 0.0323. The molecule has 0 spiro atoms. The zero-order chi connectivity index (χ0) is 44.7. The van der Waals surface area contributed by atoms with Crippen LogP contribution in [0.25, 0.3) is 11.0 Å². The first-order chi connectivity index (χ1) is 30.5. The van der Waals surface area contributed by atoms with E-state index in [4.69, 9.17) is 19.9 Å². The summed E-state index contributed by atoms with van der Waals surface area (Å²) in [6, 6.07) is 12.7. The van der Waals surface area contributed by atoms with Gasteiger partial charge in [-0.05, 0) is 41.8 Å². The molecule has 0 aliphatic carbocycles. The van der Waals surface area contributed by atoms with Gasteiger partial charge in [0.15, 0.2) is 5.82 Å². The SMILES string of the molecule is CCCCCNc1nc(N)nc2ccn(Cc3ccc(CN4CCN(C(=O)OCc5ccc(O)c(NC(=O)CCNC(=O)CCOCCN6C(=O)C=CC6=O)c5)CC4)cc3OC)c12. The van der Waals surface area contributed by atoms with Gasteiger partial charge in [-0.25, -0.2) is 9.78 Å². The molecule has 0 atom stereocenters. The number of ether oxygens (including phenoxy) is 3. The normalized spacial score (nSPS) is 14.1. The number of carbonyl (C=O) groups excluding carboxylic acids is 5. The van der Waals surface area contributed by atoms with E-state index >= 15 is 0 Å². The molecule has 1 saturated heterocycles. The summed E-state index contributed by atoms with van der Waals surface area (Å²) in [5.41, 5.74) is 10.5. The summed E-state index contributed by atoms with van der Waals surface area (Å²) in [7, 11) is 1.67. The molecular weight excluding hydrogens is 813 g/mol. The third-order valence-corrected chi connectivity index (χ3v) is 10.6. The van der Waals surface area contributed by atoms with Crippen LogP contribution in [-0.2, 0) is 48.3 Å². The molecule has 2 aromatic heterocycles. The van der Waals surface area contributed by atoms with E-state index < -0.39 is 23.8 Å². The molecule has 1 fully saturated rings. The van der Waals surface area contributed by atoms with Gasteiger partial charge >= 0.3 is 6.09 Å². The number of methoxy groups -OCH3 is 1. The summed E-state index contributed by atoms with van der Waals surface area (Å²) in [5, 5.41) is 19.1. The number of fused-ring (bicyclic) bond motifs is 1. The van der Waals surface area contributed by atoms with E-state index in [0.717, 1.165) is 64.4 Å². The molecule has 336 valence electrons. The number of hydrogen-bond acceptors (Lipinski definition) is 14. The number of nitrogen functional groups attached to an aromatic ring is 1. The molecule has 5 amide bonds. The minimum atomic E-state index is -0.459. The van der Waals surface area contributed by atoms with Gasteiger partial charge in [0.2, 0.25) is 17.8 Å². The fourth-order valence-electron chi connectivity index (χ4n) is 7.21. The Kier molecular flexibility index (Phi) is 16.3. The van der Waals surface area contributed by atoms with Gasteiger partial charge in [0.1, 0.15) is 23.6 Å². The van der Waals surface area contributed by atoms with Crippen molar-refractivity contribution in [1.29, 1.82) is 0 Å². The van der Waals surface area contributed by atoms with Crippen molar-refractivity contribution < 1.29 is 43.3 Å². The number of nitrogens with one attached hydrogen (secondary N) is 3. The number of benzene rings is 2. The van der Waals surface area contributed by atoms with Crippen LogP contribution in [0.5, 0.6) is 11.5 Å². The minimum Gasteiger partial charge on any atom is -0.506 e. The van der Waals surface area contributed by atoms with Crippen molar-refractivity contribution in [1.82, 2.24) is 34.6 Å². The molecule has 0 saturated carbocycles. The largest absolute Gasteiger partial charge is 0.506 e. The number of phenolic OH excluding ortho intramolecular Hbond substituents is 1. The van der Waals surface area contributed by atoms with Crippen LogP contribution in [0.4, 0.5) is 22.2 Å². The maximum absolute atomic E-state index is 13.0. The molecule has 2 aromatic carbocycles. The van der Waals surface area contributed by atoms with E-state index in [2.05, 4.69) is 60.5 Å². The van der Waals surface area contributed by atoms with Crippen molar-refractivity contribution in [2.45, 2.75) is 58.7 Å². The molecule has 6 rings (SSSR count). The smallest absolute Gasteiger partial charge is 0.410 e. The predicted molar refractivity (Wildman–Crippen MR) is 235 cm³/mol. The maximum atomic E-state index is 13.0. The van der Waals surface area contributed by atoms with Gasteiger partial charge in [0.25, 0.3) is 11.8 Å². The van der Waals surface area contributed by atoms with Gasteiger partial charge in [0.05, 0.1) is 44.6 Å². The molecule has 19 heteroatoms. The molecule has 6 N–H and O–H groups in total. The number of imide groups is 1. The van der Waals surface area contributed by atoms with Crippen molar-refractivity contribution in [2.24, 2.45) is 0 Å². The van der Waals surface area contributed by atoms with Gasteiger partial charge in [-0.3, -0.25) is 29.0 Å². The molecule has 4 heterocycles. The van der Waals surface area contributed by atoms with Crippen LogP contribution in [0.3, 0.4) is 0 Å². The zero-order valence-corrected chi connectivity index (χ0v) is 35.8. The number of hydrogen-bond donors (Lipinski definition) is 5. The average Bonchev–Trinajstić information content (AvgIpc) is 3.83. The van der Waals surface area contributed by atoms with Crippen LogP contribution in [0, 0.1) is 0 Å². The summed E-state index contributed by atoms with van der Waals surface area (Å²) < 4.78 is 18.9. The highest BCUT2D eigenvalue weighted by atomic mass is 16.6. The van der Waals surface area contributed by atoms with Crippen LogP contribution < -0.4 is 26.4 Å². The van der Waals surface area contributed by atoms with E-state index in [1.54, 1.807) is 18.1 Å². The number of unbranched alkanes of at least 4 members (excludes halogenated alkanes) is 2. The highest BCUT2D eigenvalue weighted by Gasteiger charge is 2.24. The van der Waals surface area contributed by atoms with Gasteiger partial charge < -0.3 is 50.5 Å². The third kappa shape index (κ3) is 12.9. The highest BCUT2D eigenvalue weighted by molar-refractivity contribution is 6.12. The Balaban J connectivity index is 0.899. The second kappa shape index (κ2) is 22.4. The summed E-state index contributed by atoms with van der Waals surface area (Å²) in [4.78, 5) is 74.8. The quantitative estimate of drug-likeness (QED) is 0.0432. The highest BCUT2D eigenvalue weighted by Crippen LogP contribution is 2.28. The Hall–Kier alpha value is -6.73. The first-order valence-corrected chi connectivity index (χ1v) is 21.2. The van der Waals surface area contributed by atoms with Crippen molar-refractivity contribution in [3.63, 3.8) is 0 Å². The maximum Gasteiger partial charge on any atom is 0.410 e. The van der Waals surface area contributed by atoms with E-state index in [-0.39, 0.29) is 69.0 Å². The zero-order valence-electron chi connectivity index (χ0n) is 35.8. The van der Waals surface area contributed by atoms with E-state index in [9.17, 15) is 29.1 Å². The number of anilines is 3. The number of carbonyl (C=O) groups is 5. The van der Waals surface area contributed by atoms with Crippen LogP contribution in [0.15, 0.2) is 60.8 Å². The van der Waals surface area contributed by atoms with Gasteiger partial charge in [-0.15, -0.1) is 0 Å². The fourth-order valence-corrected chi connectivity index (χ4v) is 7.21. The summed E-state index contributed by atoms with van der Waals surface area (Å²) in [6.45, 7) is 6.74. The van der Waals surface area contributed by atoms with Crippen molar-refractivity contribution in [2.75, 3.05) is 82.5 Å². The first kappa shape index (κ1) is 45.8. The number of rotatable bonds is 22. The molecule has 4 aromatic rings. The lowest BCUT2D eigenvalue weighted by Crippen LogP contribution is -2.48. The summed E-state index contributed by atoms with van der Waals surface area (Å²) in [5.74, 6) is -0.00840. The lowest BCUT2D eigenvalue weighted by Gasteiger charge is -2.34. The van der Waals surface area contributed by atoms with Crippen LogP contribution in [-0.4, -0.2) is 130 Å². The average molecular weight is 869 g/mol. The van der Waals surface area contributed by atoms with Gasteiger partial charge in [0, 0.05) is 82.6 Å². The van der Waals surface area contributed by atoms with E-state index in [1.165, 1.54) is 24.3 Å². The Labute approximate surface area is 365 Å². The number of nitrogens with two attached hydrogens (primary N) is 1. The molecule has 63 heavy (non-hydrogen) atoms. The number of piperazine rings is 1. The monoisotopic (exact) mass is 868 g/mol. The molecule has 2 aliphatic rings. The number of aromatic nitrogens is 3. The third-order valence-electron chi connectivity index (χ3n) is 10.6. The number of nitrogens with zero attached hydrogens (tertiary/aromatic N) is 6. The molecule has 2 aliphatic heterocycles. The first-order valence-electron chi connectivity index (χ1n) is 21.2. The van der Waals surface area contributed by atoms with Crippen molar-refractivity contribution in [3.05, 3.63) is 77.5 Å². The Morgan fingerprint density at radius 2 is 1.65 bits per heavy atom. The molecule has 19 nitrogen and oxygen atoms in total. The second-order valence-corrected chi connectivity index (χ2v) is 15.2. The molecular formula is C44H56N10O9. The van der Waals surface area contributed by atoms with Crippen LogP contribution >= 0.6 is 0 Å². The Bertz CT molecular complexity index is 2270.